The Kier molecular flexibility index (Phi) is 7.32. The third-order valence-corrected chi connectivity index (χ3v) is 4.87. The van der Waals surface area contributed by atoms with Gasteiger partial charge in [-0.25, -0.2) is 0 Å². The lowest BCUT2D eigenvalue weighted by atomic mass is 9.94. The van der Waals surface area contributed by atoms with Gasteiger partial charge in [0.05, 0.1) is 6.10 Å². The van der Waals surface area contributed by atoms with E-state index in [0.29, 0.717) is 6.10 Å². The van der Waals surface area contributed by atoms with Crippen LogP contribution in [-0.2, 0) is 4.74 Å². The van der Waals surface area contributed by atoms with Crippen LogP contribution >= 0.6 is 0 Å². The Bertz CT molecular complexity index is 251. The average Bonchev–Trinajstić information content (AvgIpc) is 2.49. The lowest BCUT2D eigenvalue weighted by molar-refractivity contribution is -0.0341. The number of ether oxygens (including phenoxy) is 1. The van der Waals surface area contributed by atoms with E-state index in [0.717, 1.165) is 18.6 Å². The van der Waals surface area contributed by atoms with Crippen molar-refractivity contribution >= 4 is 0 Å². The summed E-state index contributed by atoms with van der Waals surface area (Å²) in [6.45, 7) is 10.6. The molecular weight excluding hydrogens is 248 g/mol. The fourth-order valence-corrected chi connectivity index (χ4v) is 3.84. The average molecular weight is 282 g/mol. The summed E-state index contributed by atoms with van der Waals surface area (Å²) in [7, 11) is 0. The van der Waals surface area contributed by atoms with Crippen molar-refractivity contribution in [3.8, 4) is 0 Å². The van der Waals surface area contributed by atoms with Crippen LogP contribution in [0.25, 0.3) is 0 Å². The van der Waals surface area contributed by atoms with Crippen molar-refractivity contribution in [3.63, 3.8) is 0 Å². The Hall–Kier alpha value is -0.120. The number of hydrogen-bond acceptors (Lipinski definition) is 3. The first kappa shape index (κ1) is 16.3. The molecule has 0 aromatic carbocycles. The Morgan fingerprint density at radius 3 is 2.80 bits per heavy atom. The quantitative estimate of drug-likeness (QED) is 0.777. The fraction of sp³-hybridized carbons (Fsp3) is 1.00. The van der Waals surface area contributed by atoms with Crippen molar-refractivity contribution in [2.75, 3.05) is 32.8 Å². The zero-order valence-electron chi connectivity index (χ0n) is 13.6. The molecule has 2 rings (SSSR count). The first-order valence-corrected chi connectivity index (χ1v) is 8.89. The van der Waals surface area contributed by atoms with E-state index in [-0.39, 0.29) is 0 Å². The smallest absolute Gasteiger partial charge is 0.0590 e. The second kappa shape index (κ2) is 9.01. The minimum Gasteiger partial charge on any atom is -0.378 e. The van der Waals surface area contributed by atoms with Gasteiger partial charge in [0.25, 0.3) is 0 Å². The second-order valence-electron chi connectivity index (χ2n) is 6.67. The van der Waals surface area contributed by atoms with E-state index in [1.807, 2.05) is 0 Å². The molecule has 2 saturated heterocycles. The number of nitrogens with zero attached hydrogens (tertiary/aromatic N) is 1. The van der Waals surface area contributed by atoms with Crippen LogP contribution in [0.5, 0.6) is 0 Å². The van der Waals surface area contributed by atoms with Crippen LogP contribution in [0.1, 0.15) is 58.8 Å². The third kappa shape index (κ3) is 5.01. The molecule has 0 aliphatic carbocycles. The van der Waals surface area contributed by atoms with E-state index in [4.69, 9.17) is 4.74 Å². The Balaban J connectivity index is 1.85. The molecule has 2 aliphatic rings. The Morgan fingerprint density at radius 1 is 1.20 bits per heavy atom. The summed E-state index contributed by atoms with van der Waals surface area (Å²) in [5, 5.41) is 3.56. The minimum atomic E-state index is 0.516. The highest BCUT2D eigenvalue weighted by atomic mass is 16.5. The molecule has 118 valence electrons. The molecule has 2 heterocycles. The number of rotatable bonds is 7. The molecule has 0 spiro atoms. The molecule has 0 aromatic heterocycles. The van der Waals surface area contributed by atoms with E-state index in [2.05, 4.69) is 24.1 Å². The standard InChI is InChI=1S/C17H34N2O/c1-3-6-17-12-16(8-11-20-17)19(10-4-2)14-15-7-5-9-18-13-15/h15-18H,3-14H2,1-2H3. The van der Waals surface area contributed by atoms with Gasteiger partial charge in [-0.15, -0.1) is 0 Å². The van der Waals surface area contributed by atoms with E-state index < -0.39 is 0 Å². The van der Waals surface area contributed by atoms with Gasteiger partial charge in [0.2, 0.25) is 0 Å². The number of hydrogen-bond donors (Lipinski definition) is 1. The normalized spacial score (nSPS) is 31.6. The minimum absolute atomic E-state index is 0.516. The summed E-state index contributed by atoms with van der Waals surface area (Å²) in [5.74, 6) is 0.864. The first-order valence-electron chi connectivity index (χ1n) is 8.89. The van der Waals surface area contributed by atoms with Crippen LogP contribution in [0, 0.1) is 5.92 Å². The highest BCUT2D eigenvalue weighted by Gasteiger charge is 2.28. The van der Waals surface area contributed by atoms with Gasteiger partial charge < -0.3 is 10.1 Å². The monoisotopic (exact) mass is 282 g/mol. The molecule has 3 unspecified atom stereocenters. The van der Waals surface area contributed by atoms with Crippen LogP contribution in [0.3, 0.4) is 0 Å². The van der Waals surface area contributed by atoms with Crippen LogP contribution in [0.4, 0.5) is 0 Å². The summed E-state index contributed by atoms with van der Waals surface area (Å²) in [6.07, 6.45) is 9.54. The zero-order valence-corrected chi connectivity index (χ0v) is 13.6. The zero-order chi connectivity index (χ0) is 14.2. The molecule has 0 radical (unpaired) electrons. The Morgan fingerprint density at radius 2 is 2.10 bits per heavy atom. The van der Waals surface area contributed by atoms with Gasteiger partial charge in [0, 0.05) is 19.2 Å². The molecule has 20 heavy (non-hydrogen) atoms. The molecule has 0 bridgehead atoms. The van der Waals surface area contributed by atoms with Crippen molar-refractivity contribution < 1.29 is 4.74 Å². The van der Waals surface area contributed by atoms with Crippen LogP contribution in [0.2, 0.25) is 0 Å². The SMILES string of the molecule is CCCC1CC(N(CCC)CC2CCCNC2)CCO1. The number of nitrogens with one attached hydrogen (secondary N) is 1. The summed E-state index contributed by atoms with van der Waals surface area (Å²) >= 11 is 0. The molecular formula is C17H34N2O. The fourth-order valence-electron chi connectivity index (χ4n) is 3.84. The van der Waals surface area contributed by atoms with Gasteiger partial charge in [-0.3, -0.25) is 4.90 Å². The second-order valence-corrected chi connectivity index (χ2v) is 6.67. The van der Waals surface area contributed by atoms with Gasteiger partial charge >= 0.3 is 0 Å². The summed E-state index contributed by atoms with van der Waals surface area (Å²) in [6, 6.07) is 0.766. The third-order valence-electron chi connectivity index (χ3n) is 4.87. The molecule has 0 aromatic rings. The number of piperidine rings is 1. The van der Waals surface area contributed by atoms with Crippen LogP contribution in [0.15, 0.2) is 0 Å². The van der Waals surface area contributed by atoms with Gasteiger partial charge in [0.15, 0.2) is 0 Å². The molecule has 3 nitrogen and oxygen atoms in total. The maximum Gasteiger partial charge on any atom is 0.0590 e. The van der Waals surface area contributed by atoms with Crippen molar-refractivity contribution in [1.29, 1.82) is 0 Å². The molecule has 0 amide bonds. The predicted octanol–water partition coefficient (Wildman–Crippen LogP) is 3.05. The van der Waals surface area contributed by atoms with Crippen molar-refractivity contribution in [1.82, 2.24) is 10.2 Å². The lowest BCUT2D eigenvalue weighted by Gasteiger charge is -2.40. The molecule has 1 N–H and O–H groups in total. The van der Waals surface area contributed by atoms with Gasteiger partial charge in [-0.05, 0) is 64.1 Å². The van der Waals surface area contributed by atoms with Gasteiger partial charge in [-0.2, -0.15) is 0 Å². The van der Waals surface area contributed by atoms with Gasteiger partial charge in [-0.1, -0.05) is 20.3 Å². The summed E-state index contributed by atoms with van der Waals surface area (Å²) in [4.78, 5) is 2.78. The highest BCUT2D eigenvalue weighted by molar-refractivity contribution is 4.82. The first-order chi connectivity index (χ1) is 9.83. The van der Waals surface area contributed by atoms with Crippen LogP contribution in [-0.4, -0.2) is 49.8 Å². The van der Waals surface area contributed by atoms with E-state index in [9.17, 15) is 0 Å². The topological polar surface area (TPSA) is 24.5 Å². The van der Waals surface area contributed by atoms with E-state index in [1.54, 1.807) is 0 Å². The summed E-state index contributed by atoms with van der Waals surface area (Å²) < 4.78 is 5.93. The molecule has 2 aliphatic heterocycles. The van der Waals surface area contributed by atoms with Gasteiger partial charge in [0.1, 0.15) is 0 Å². The lowest BCUT2D eigenvalue weighted by Crippen LogP contribution is -2.47. The molecule has 3 heteroatoms. The van der Waals surface area contributed by atoms with Crippen molar-refractivity contribution in [3.05, 3.63) is 0 Å². The largest absolute Gasteiger partial charge is 0.378 e. The Labute approximate surface area is 125 Å². The van der Waals surface area contributed by atoms with Crippen LogP contribution < -0.4 is 5.32 Å². The maximum absolute atomic E-state index is 5.93. The van der Waals surface area contributed by atoms with Crippen molar-refractivity contribution in [2.24, 2.45) is 5.92 Å². The van der Waals surface area contributed by atoms with E-state index in [1.165, 1.54) is 71.1 Å². The van der Waals surface area contributed by atoms with Crippen molar-refractivity contribution in [2.45, 2.75) is 70.9 Å². The van der Waals surface area contributed by atoms with E-state index >= 15 is 0 Å². The molecule has 0 saturated carbocycles. The maximum atomic E-state index is 5.93. The predicted molar refractivity (Wildman–Crippen MR) is 85.1 cm³/mol. The molecule has 2 fully saturated rings. The molecule has 3 atom stereocenters. The highest BCUT2D eigenvalue weighted by Crippen LogP contribution is 2.24. The summed E-state index contributed by atoms with van der Waals surface area (Å²) in [5.41, 5.74) is 0.